The number of anilines is 1. The zero-order chi connectivity index (χ0) is 15.3. The smallest absolute Gasteiger partial charge is 0.245 e. The lowest BCUT2D eigenvalue weighted by Gasteiger charge is -2.31. The predicted octanol–water partition coefficient (Wildman–Crippen LogP) is 3.46. The number of nitrogens with zero attached hydrogens (tertiary/aromatic N) is 1. The summed E-state index contributed by atoms with van der Waals surface area (Å²) in [5.41, 5.74) is 0.710. The summed E-state index contributed by atoms with van der Waals surface area (Å²) in [6, 6.07) is 7.35. The molecule has 4 nitrogen and oxygen atoms in total. The van der Waals surface area contributed by atoms with Crippen LogP contribution in [0.3, 0.4) is 0 Å². The zero-order valence-corrected chi connectivity index (χ0v) is 13.8. The van der Waals surface area contributed by atoms with Crippen LogP contribution in [0.2, 0.25) is 0 Å². The lowest BCUT2D eigenvalue weighted by Crippen LogP contribution is -2.38. The SMILES string of the molecule is CCCNc1ccccc1S(=O)(=O)N(C)C1CCCCC1. The fourth-order valence-electron chi connectivity index (χ4n) is 2.89. The molecular weight excluding hydrogens is 284 g/mol. The maximum atomic E-state index is 12.9. The summed E-state index contributed by atoms with van der Waals surface area (Å²) in [5.74, 6) is 0. The van der Waals surface area contributed by atoms with Gasteiger partial charge in [-0.05, 0) is 31.4 Å². The second kappa shape index (κ2) is 7.27. The third-order valence-corrected chi connectivity index (χ3v) is 6.17. The Morgan fingerprint density at radius 2 is 1.86 bits per heavy atom. The van der Waals surface area contributed by atoms with Gasteiger partial charge in [0.15, 0.2) is 0 Å². The number of hydrogen-bond donors (Lipinski definition) is 1. The van der Waals surface area contributed by atoms with Gasteiger partial charge in [-0.25, -0.2) is 8.42 Å². The van der Waals surface area contributed by atoms with Crippen molar-refractivity contribution in [3.05, 3.63) is 24.3 Å². The zero-order valence-electron chi connectivity index (χ0n) is 13.0. The highest BCUT2D eigenvalue weighted by Gasteiger charge is 2.30. The number of sulfonamides is 1. The monoisotopic (exact) mass is 310 g/mol. The first kappa shape index (κ1) is 16.3. The minimum atomic E-state index is -3.43. The quantitative estimate of drug-likeness (QED) is 0.875. The Hall–Kier alpha value is -1.07. The van der Waals surface area contributed by atoms with Crippen molar-refractivity contribution in [1.82, 2.24) is 4.31 Å². The molecule has 0 radical (unpaired) electrons. The van der Waals surface area contributed by atoms with Gasteiger partial charge in [0.1, 0.15) is 4.90 Å². The standard InChI is InChI=1S/C16H26N2O2S/c1-3-13-17-15-11-7-8-12-16(15)21(19,20)18(2)14-9-5-4-6-10-14/h7-8,11-12,14,17H,3-6,9-10,13H2,1-2H3. The molecule has 0 unspecified atom stereocenters. The van der Waals surface area contributed by atoms with Crippen LogP contribution < -0.4 is 5.32 Å². The number of benzene rings is 1. The Labute approximate surface area is 128 Å². The van der Waals surface area contributed by atoms with Gasteiger partial charge >= 0.3 is 0 Å². The lowest BCUT2D eigenvalue weighted by atomic mass is 9.96. The van der Waals surface area contributed by atoms with Crippen LogP contribution in [0.1, 0.15) is 45.4 Å². The summed E-state index contributed by atoms with van der Waals surface area (Å²) in [5, 5.41) is 3.22. The molecule has 2 rings (SSSR count). The molecule has 118 valence electrons. The van der Waals surface area contributed by atoms with Crippen LogP contribution in [-0.2, 0) is 10.0 Å². The Morgan fingerprint density at radius 3 is 2.52 bits per heavy atom. The topological polar surface area (TPSA) is 49.4 Å². The van der Waals surface area contributed by atoms with Crippen molar-refractivity contribution >= 4 is 15.7 Å². The van der Waals surface area contributed by atoms with Gasteiger partial charge in [0.05, 0.1) is 5.69 Å². The Kier molecular flexibility index (Phi) is 5.65. The van der Waals surface area contributed by atoms with Gasteiger partial charge < -0.3 is 5.32 Å². The van der Waals surface area contributed by atoms with Crippen LogP contribution in [0.25, 0.3) is 0 Å². The molecule has 1 fully saturated rings. The highest BCUT2D eigenvalue weighted by Crippen LogP contribution is 2.29. The number of para-hydroxylation sites is 1. The van der Waals surface area contributed by atoms with Gasteiger partial charge in [-0.2, -0.15) is 4.31 Å². The van der Waals surface area contributed by atoms with Gasteiger partial charge in [0.2, 0.25) is 10.0 Å². The van der Waals surface area contributed by atoms with Crippen LogP contribution >= 0.6 is 0 Å². The molecule has 1 aromatic rings. The van der Waals surface area contributed by atoms with E-state index in [0.29, 0.717) is 10.6 Å². The summed E-state index contributed by atoms with van der Waals surface area (Å²) in [7, 11) is -1.70. The molecule has 0 saturated heterocycles. The van der Waals surface area contributed by atoms with Crippen molar-refractivity contribution in [1.29, 1.82) is 0 Å². The molecule has 5 heteroatoms. The van der Waals surface area contributed by atoms with Crippen molar-refractivity contribution in [3.63, 3.8) is 0 Å². The Bertz CT molecular complexity index is 551. The van der Waals surface area contributed by atoms with Crippen molar-refractivity contribution < 1.29 is 8.42 Å². The molecule has 1 aliphatic rings. The van der Waals surface area contributed by atoms with Gasteiger partial charge in [-0.15, -0.1) is 0 Å². The van der Waals surface area contributed by atoms with E-state index in [1.54, 1.807) is 23.5 Å². The van der Waals surface area contributed by atoms with Crippen molar-refractivity contribution in [2.75, 3.05) is 18.9 Å². The normalized spacial score (nSPS) is 17.1. The molecule has 0 atom stereocenters. The summed E-state index contributed by atoms with van der Waals surface area (Å²) in [4.78, 5) is 0.395. The summed E-state index contributed by atoms with van der Waals surface area (Å²) >= 11 is 0. The molecule has 0 bridgehead atoms. The highest BCUT2D eigenvalue weighted by atomic mass is 32.2. The molecule has 0 spiro atoms. The third kappa shape index (κ3) is 3.77. The van der Waals surface area contributed by atoms with Crippen LogP contribution in [0, 0.1) is 0 Å². The second-order valence-corrected chi connectivity index (χ2v) is 7.70. The molecule has 21 heavy (non-hydrogen) atoms. The largest absolute Gasteiger partial charge is 0.384 e. The van der Waals surface area contributed by atoms with Gasteiger partial charge in [0.25, 0.3) is 0 Å². The maximum absolute atomic E-state index is 12.9. The van der Waals surface area contributed by atoms with E-state index in [0.717, 1.165) is 38.6 Å². The lowest BCUT2D eigenvalue weighted by molar-refractivity contribution is 0.286. The second-order valence-electron chi connectivity index (χ2n) is 5.74. The molecule has 1 saturated carbocycles. The van der Waals surface area contributed by atoms with Crippen molar-refractivity contribution in [2.45, 2.75) is 56.4 Å². The van der Waals surface area contributed by atoms with Crippen LogP contribution in [0.15, 0.2) is 29.2 Å². The van der Waals surface area contributed by atoms with E-state index < -0.39 is 10.0 Å². The van der Waals surface area contributed by atoms with Gasteiger partial charge in [-0.3, -0.25) is 0 Å². The van der Waals surface area contributed by atoms with E-state index in [9.17, 15) is 8.42 Å². The first-order chi connectivity index (χ1) is 10.1. The van der Waals surface area contributed by atoms with Crippen LogP contribution in [0.5, 0.6) is 0 Å². The van der Waals surface area contributed by atoms with E-state index in [4.69, 9.17) is 0 Å². The van der Waals surface area contributed by atoms with E-state index in [1.165, 1.54) is 6.42 Å². The molecule has 1 aromatic carbocycles. The van der Waals surface area contributed by atoms with Crippen molar-refractivity contribution in [2.24, 2.45) is 0 Å². The summed E-state index contributed by atoms with van der Waals surface area (Å²) in [6.07, 6.45) is 6.38. The number of hydrogen-bond acceptors (Lipinski definition) is 3. The highest BCUT2D eigenvalue weighted by molar-refractivity contribution is 7.89. The molecule has 0 aromatic heterocycles. The van der Waals surface area contributed by atoms with Crippen LogP contribution in [-0.4, -0.2) is 32.4 Å². The predicted molar refractivity (Wildman–Crippen MR) is 87.0 cm³/mol. The average Bonchev–Trinajstić information content (AvgIpc) is 2.53. The van der Waals surface area contributed by atoms with E-state index in [1.807, 2.05) is 12.1 Å². The van der Waals surface area contributed by atoms with Crippen LogP contribution in [0.4, 0.5) is 5.69 Å². The first-order valence-corrected chi connectivity index (χ1v) is 9.32. The minimum absolute atomic E-state index is 0.142. The molecule has 0 aliphatic heterocycles. The summed E-state index contributed by atoms with van der Waals surface area (Å²) < 4.78 is 27.4. The fraction of sp³-hybridized carbons (Fsp3) is 0.625. The molecular formula is C16H26N2O2S. The van der Waals surface area contributed by atoms with E-state index >= 15 is 0 Å². The van der Waals surface area contributed by atoms with Gasteiger partial charge in [0, 0.05) is 19.6 Å². The summed E-state index contributed by atoms with van der Waals surface area (Å²) in [6.45, 7) is 2.85. The Balaban J connectivity index is 2.25. The molecule has 0 amide bonds. The molecule has 1 N–H and O–H groups in total. The fourth-order valence-corrected chi connectivity index (χ4v) is 4.48. The maximum Gasteiger partial charge on any atom is 0.245 e. The van der Waals surface area contributed by atoms with Gasteiger partial charge in [-0.1, -0.05) is 38.3 Å². The van der Waals surface area contributed by atoms with E-state index in [-0.39, 0.29) is 6.04 Å². The third-order valence-electron chi connectivity index (χ3n) is 4.20. The number of nitrogens with one attached hydrogen (secondary N) is 1. The average molecular weight is 310 g/mol. The van der Waals surface area contributed by atoms with Crippen molar-refractivity contribution in [3.8, 4) is 0 Å². The molecule has 0 heterocycles. The first-order valence-electron chi connectivity index (χ1n) is 7.88. The van der Waals surface area contributed by atoms with E-state index in [2.05, 4.69) is 12.2 Å². The Morgan fingerprint density at radius 1 is 1.19 bits per heavy atom. The number of rotatable bonds is 6. The minimum Gasteiger partial charge on any atom is -0.384 e. The molecule has 1 aliphatic carbocycles.